The number of carbonyl (C=O) groups excluding carboxylic acids is 1. The summed E-state index contributed by atoms with van der Waals surface area (Å²) in [5.41, 5.74) is 7.14. The third-order valence-corrected chi connectivity index (χ3v) is 4.34. The van der Waals surface area contributed by atoms with Gasteiger partial charge in [-0.15, -0.1) is 0 Å². The molecule has 0 saturated carbocycles. The zero-order chi connectivity index (χ0) is 14.2. The summed E-state index contributed by atoms with van der Waals surface area (Å²) in [7, 11) is 1.61. The van der Waals surface area contributed by atoms with Gasteiger partial charge in [0.2, 0.25) is 0 Å². The van der Waals surface area contributed by atoms with E-state index in [4.69, 9.17) is 4.74 Å². The van der Waals surface area contributed by atoms with E-state index in [2.05, 4.69) is 27.7 Å². The minimum absolute atomic E-state index is 0.228. The number of hydrogen-bond donors (Lipinski definition) is 0. The Bertz CT molecular complexity index is 567. The second-order valence-corrected chi connectivity index (χ2v) is 5.16. The first-order valence-electron chi connectivity index (χ1n) is 6.49. The highest BCUT2D eigenvalue weighted by atomic mass is 16.5. The highest BCUT2D eigenvalue weighted by Gasteiger charge is 2.27. The normalized spacial score (nSPS) is 16.3. The number of ether oxygens (including phenoxy) is 1. The van der Waals surface area contributed by atoms with E-state index in [1.54, 1.807) is 7.11 Å². The van der Waals surface area contributed by atoms with Gasteiger partial charge in [0.1, 0.15) is 12.0 Å². The molecule has 100 valence electrons. The molecule has 0 fully saturated rings. The van der Waals surface area contributed by atoms with Crippen LogP contribution in [-0.2, 0) is 0 Å². The average molecular weight is 256 g/mol. The molecule has 0 atom stereocenters. The summed E-state index contributed by atoms with van der Waals surface area (Å²) in [6.45, 7) is 8.61. The van der Waals surface area contributed by atoms with Gasteiger partial charge in [0, 0.05) is 11.5 Å². The Morgan fingerprint density at radius 3 is 2.11 bits per heavy atom. The number of allylic oxidation sites excluding steroid dienone is 4. The molecule has 0 bridgehead atoms. The fourth-order valence-corrected chi connectivity index (χ4v) is 2.86. The second-order valence-electron chi connectivity index (χ2n) is 5.16. The lowest BCUT2D eigenvalue weighted by Crippen LogP contribution is -2.04. The van der Waals surface area contributed by atoms with E-state index in [9.17, 15) is 4.79 Å². The molecule has 0 aromatic heterocycles. The van der Waals surface area contributed by atoms with Crippen LogP contribution in [0.15, 0.2) is 40.5 Å². The van der Waals surface area contributed by atoms with Crippen molar-refractivity contribution >= 4 is 6.29 Å². The zero-order valence-electron chi connectivity index (χ0n) is 12.2. The molecule has 0 amide bonds. The van der Waals surface area contributed by atoms with Crippen LogP contribution in [0.3, 0.4) is 0 Å². The molecule has 1 aliphatic rings. The Morgan fingerprint density at radius 2 is 1.63 bits per heavy atom. The van der Waals surface area contributed by atoms with E-state index >= 15 is 0 Å². The zero-order valence-corrected chi connectivity index (χ0v) is 12.2. The third-order valence-electron chi connectivity index (χ3n) is 4.34. The van der Waals surface area contributed by atoms with Gasteiger partial charge in [0.15, 0.2) is 0 Å². The van der Waals surface area contributed by atoms with Crippen molar-refractivity contribution in [3.63, 3.8) is 0 Å². The number of benzene rings is 1. The van der Waals surface area contributed by atoms with Gasteiger partial charge in [-0.3, -0.25) is 4.79 Å². The summed E-state index contributed by atoms with van der Waals surface area (Å²) >= 11 is 0. The molecule has 0 N–H and O–H groups in total. The lowest BCUT2D eigenvalue weighted by atomic mass is 9.86. The Labute approximate surface area is 114 Å². The van der Waals surface area contributed by atoms with Crippen molar-refractivity contribution in [3.05, 3.63) is 51.6 Å². The van der Waals surface area contributed by atoms with Crippen LogP contribution in [0.5, 0.6) is 5.75 Å². The summed E-state index contributed by atoms with van der Waals surface area (Å²) in [6, 6.07) is 5.74. The first-order valence-corrected chi connectivity index (χ1v) is 6.49. The van der Waals surface area contributed by atoms with Crippen LogP contribution in [0, 0.1) is 0 Å². The Morgan fingerprint density at radius 1 is 1.05 bits per heavy atom. The summed E-state index contributed by atoms with van der Waals surface area (Å²) in [5.74, 6) is 0.951. The molecule has 0 heterocycles. The summed E-state index contributed by atoms with van der Waals surface area (Å²) in [6.07, 6.45) is 0.918. The van der Waals surface area contributed by atoms with Crippen molar-refractivity contribution in [2.45, 2.75) is 33.6 Å². The third kappa shape index (κ3) is 2.12. The fraction of sp³-hybridized carbons (Fsp3) is 0.353. The number of aldehydes is 1. The van der Waals surface area contributed by atoms with E-state index in [0.29, 0.717) is 5.56 Å². The molecule has 0 unspecified atom stereocenters. The van der Waals surface area contributed by atoms with Crippen LogP contribution in [0.4, 0.5) is 0 Å². The summed E-state index contributed by atoms with van der Waals surface area (Å²) < 4.78 is 5.19. The minimum Gasteiger partial charge on any atom is -0.497 e. The molecule has 0 spiro atoms. The van der Waals surface area contributed by atoms with E-state index in [1.807, 2.05) is 18.2 Å². The van der Waals surface area contributed by atoms with E-state index < -0.39 is 0 Å². The molecule has 0 aliphatic heterocycles. The van der Waals surface area contributed by atoms with Gasteiger partial charge in [-0.05, 0) is 56.5 Å². The number of hydrogen-bond acceptors (Lipinski definition) is 2. The average Bonchev–Trinajstić information content (AvgIpc) is 2.62. The van der Waals surface area contributed by atoms with Gasteiger partial charge in [0.05, 0.1) is 7.11 Å². The van der Waals surface area contributed by atoms with Crippen molar-refractivity contribution in [3.8, 4) is 5.75 Å². The number of methoxy groups -OCH3 is 1. The first-order chi connectivity index (χ1) is 9.01. The van der Waals surface area contributed by atoms with Crippen LogP contribution < -0.4 is 4.74 Å². The topological polar surface area (TPSA) is 26.3 Å². The SMILES string of the molecule is COc1ccc(C2C(C)=C(C)C(C)=C2C)c(C=O)c1. The van der Waals surface area contributed by atoms with Crippen molar-refractivity contribution in [1.82, 2.24) is 0 Å². The maximum Gasteiger partial charge on any atom is 0.150 e. The molecule has 1 aromatic carbocycles. The van der Waals surface area contributed by atoms with E-state index in [0.717, 1.165) is 17.6 Å². The minimum atomic E-state index is 0.228. The molecule has 0 saturated heterocycles. The summed E-state index contributed by atoms with van der Waals surface area (Å²) in [4.78, 5) is 11.3. The van der Waals surface area contributed by atoms with Crippen LogP contribution >= 0.6 is 0 Å². The molecule has 2 heteroatoms. The van der Waals surface area contributed by atoms with E-state index in [1.165, 1.54) is 22.3 Å². The van der Waals surface area contributed by atoms with Gasteiger partial charge in [-0.1, -0.05) is 17.2 Å². The van der Waals surface area contributed by atoms with E-state index in [-0.39, 0.29) is 5.92 Å². The van der Waals surface area contributed by atoms with Gasteiger partial charge >= 0.3 is 0 Å². The molecular weight excluding hydrogens is 236 g/mol. The lowest BCUT2D eigenvalue weighted by molar-refractivity contribution is 0.112. The molecule has 2 nitrogen and oxygen atoms in total. The fourth-order valence-electron chi connectivity index (χ4n) is 2.86. The van der Waals surface area contributed by atoms with Gasteiger partial charge in [0.25, 0.3) is 0 Å². The van der Waals surface area contributed by atoms with Crippen molar-refractivity contribution < 1.29 is 9.53 Å². The van der Waals surface area contributed by atoms with Gasteiger partial charge in [-0.25, -0.2) is 0 Å². The molecule has 2 rings (SSSR count). The molecule has 1 aliphatic carbocycles. The quantitative estimate of drug-likeness (QED) is 0.755. The predicted molar refractivity (Wildman–Crippen MR) is 77.9 cm³/mol. The van der Waals surface area contributed by atoms with Crippen LogP contribution in [0.2, 0.25) is 0 Å². The monoisotopic (exact) mass is 256 g/mol. The summed E-state index contributed by atoms with van der Waals surface area (Å²) in [5, 5.41) is 0. The number of rotatable bonds is 3. The van der Waals surface area contributed by atoms with Gasteiger partial charge < -0.3 is 4.74 Å². The van der Waals surface area contributed by atoms with Gasteiger partial charge in [-0.2, -0.15) is 0 Å². The standard InChI is InChI=1S/C17H20O2/c1-10-11(2)13(4)17(12(10)3)16-7-6-15(19-5)8-14(16)9-18/h6-9,17H,1-5H3. The lowest BCUT2D eigenvalue weighted by Gasteiger charge is -2.18. The Hall–Kier alpha value is -1.83. The van der Waals surface area contributed by atoms with Crippen LogP contribution in [-0.4, -0.2) is 13.4 Å². The first kappa shape index (κ1) is 13.6. The molecule has 0 radical (unpaired) electrons. The highest BCUT2D eigenvalue weighted by molar-refractivity contribution is 5.80. The van der Waals surface area contributed by atoms with Crippen molar-refractivity contribution in [2.75, 3.05) is 7.11 Å². The number of carbonyl (C=O) groups is 1. The largest absolute Gasteiger partial charge is 0.497 e. The Kier molecular flexibility index (Phi) is 3.61. The highest BCUT2D eigenvalue weighted by Crippen LogP contribution is 2.44. The van der Waals surface area contributed by atoms with Crippen molar-refractivity contribution in [1.29, 1.82) is 0 Å². The molecular formula is C17H20O2. The molecule has 19 heavy (non-hydrogen) atoms. The molecule has 1 aromatic rings. The van der Waals surface area contributed by atoms with Crippen LogP contribution in [0.25, 0.3) is 0 Å². The maximum absolute atomic E-state index is 11.3. The smallest absolute Gasteiger partial charge is 0.150 e. The second kappa shape index (κ2) is 5.04. The Balaban J connectivity index is 2.58. The van der Waals surface area contributed by atoms with Crippen molar-refractivity contribution in [2.24, 2.45) is 0 Å². The maximum atomic E-state index is 11.3. The van der Waals surface area contributed by atoms with Crippen LogP contribution in [0.1, 0.15) is 49.5 Å². The predicted octanol–water partition coefficient (Wildman–Crippen LogP) is 4.28.